The Morgan fingerprint density at radius 1 is 1.50 bits per heavy atom. The molecule has 0 amide bonds. The highest BCUT2D eigenvalue weighted by Gasteiger charge is 2.21. The van der Waals surface area contributed by atoms with E-state index in [1.807, 2.05) is 0 Å². The number of rotatable bonds is 2. The lowest BCUT2D eigenvalue weighted by Crippen LogP contribution is -2.21. The standard InChI is InChI=1S/C9H12ClN3O/c1-13-5-4-7(6-13)14-9-3-2-8(10)11-12-9/h2-3,7H,4-6H2,1H3/t7-/m1/s1. The van der Waals surface area contributed by atoms with Gasteiger partial charge in [-0.1, -0.05) is 11.6 Å². The molecule has 1 aliphatic rings. The summed E-state index contributed by atoms with van der Waals surface area (Å²) in [6, 6.07) is 3.43. The van der Waals surface area contributed by atoms with Gasteiger partial charge in [-0.15, -0.1) is 10.2 Å². The maximum atomic E-state index is 5.63. The van der Waals surface area contributed by atoms with Crippen LogP contribution in [0.3, 0.4) is 0 Å². The van der Waals surface area contributed by atoms with Crippen molar-refractivity contribution in [2.75, 3.05) is 20.1 Å². The summed E-state index contributed by atoms with van der Waals surface area (Å²) in [5, 5.41) is 7.95. The van der Waals surface area contributed by atoms with E-state index < -0.39 is 0 Å². The average Bonchev–Trinajstić information content (AvgIpc) is 2.56. The fraction of sp³-hybridized carbons (Fsp3) is 0.556. The topological polar surface area (TPSA) is 38.2 Å². The number of ether oxygens (including phenoxy) is 1. The molecule has 1 atom stereocenters. The van der Waals surface area contributed by atoms with Gasteiger partial charge in [0.05, 0.1) is 0 Å². The van der Waals surface area contributed by atoms with Crippen LogP contribution in [0.15, 0.2) is 12.1 Å². The highest BCUT2D eigenvalue weighted by molar-refractivity contribution is 6.29. The molecule has 1 saturated heterocycles. The molecule has 2 rings (SSSR count). The van der Waals surface area contributed by atoms with Gasteiger partial charge in [0, 0.05) is 19.2 Å². The predicted molar refractivity (Wildman–Crippen MR) is 53.6 cm³/mol. The molecule has 1 aromatic rings. The number of likely N-dealkylation sites (tertiary alicyclic amines) is 1. The summed E-state index contributed by atoms with van der Waals surface area (Å²) < 4.78 is 5.63. The summed E-state index contributed by atoms with van der Waals surface area (Å²) in [5.41, 5.74) is 0. The van der Waals surface area contributed by atoms with Crippen LogP contribution in [-0.2, 0) is 0 Å². The Bertz CT molecular complexity index is 303. The van der Waals surface area contributed by atoms with Crippen LogP contribution in [-0.4, -0.2) is 41.3 Å². The molecule has 1 fully saturated rings. The van der Waals surface area contributed by atoms with E-state index in [9.17, 15) is 0 Å². The largest absolute Gasteiger partial charge is 0.472 e. The minimum atomic E-state index is 0.232. The number of halogens is 1. The second-order valence-corrected chi connectivity index (χ2v) is 3.87. The molecule has 0 unspecified atom stereocenters. The van der Waals surface area contributed by atoms with E-state index >= 15 is 0 Å². The van der Waals surface area contributed by atoms with E-state index in [0.29, 0.717) is 11.0 Å². The fourth-order valence-corrected chi connectivity index (χ4v) is 1.63. The Morgan fingerprint density at radius 2 is 2.36 bits per heavy atom. The number of hydrogen-bond acceptors (Lipinski definition) is 4. The van der Waals surface area contributed by atoms with Crippen molar-refractivity contribution in [3.63, 3.8) is 0 Å². The first kappa shape index (κ1) is 9.68. The Balaban J connectivity index is 1.94. The van der Waals surface area contributed by atoms with Crippen LogP contribution in [0, 0.1) is 0 Å². The molecule has 0 aromatic carbocycles. The zero-order chi connectivity index (χ0) is 9.97. The Kier molecular flexibility index (Phi) is 2.84. The molecule has 0 saturated carbocycles. The van der Waals surface area contributed by atoms with Crippen molar-refractivity contribution in [3.05, 3.63) is 17.3 Å². The predicted octanol–water partition coefficient (Wildman–Crippen LogP) is 1.21. The third-order valence-corrected chi connectivity index (χ3v) is 2.44. The molecule has 76 valence electrons. The normalized spacial score (nSPS) is 22.6. The lowest BCUT2D eigenvalue weighted by molar-refractivity contribution is 0.198. The first-order valence-electron chi connectivity index (χ1n) is 4.58. The molecule has 1 aliphatic heterocycles. The van der Waals surface area contributed by atoms with E-state index in [1.54, 1.807) is 12.1 Å². The van der Waals surface area contributed by atoms with Crippen molar-refractivity contribution in [3.8, 4) is 5.88 Å². The van der Waals surface area contributed by atoms with E-state index in [4.69, 9.17) is 16.3 Å². The van der Waals surface area contributed by atoms with E-state index in [1.165, 1.54) is 0 Å². The fourth-order valence-electron chi connectivity index (χ4n) is 1.53. The Morgan fingerprint density at radius 3 is 2.93 bits per heavy atom. The third kappa shape index (κ3) is 2.33. The van der Waals surface area contributed by atoms with Crippen LogP contribution in [0.1, 0.15) is 6.42 Å². The van der Waals surface area contributed by atoms with Gasteiger partial charge in [-0.3, -0.25) is 0 Å². The van der Waals surface area contributed by atoms with E-state index in [0.717, 1.165) is 19.5 Å². The van der Waals surface area contributed by atoms with E-state index in [2.05, 4.69) is 22.1 Å². The number of likely N-dealkylation sites (N-methyl/N-ethyl adjacent to an activating group) is 1. The summed E-state index contributed by atoms with van der Waals surface area (Å²) >= 11 is 5.61. The van der Waals surface area contributed by atoms with Crippen molar-refractivity contribution >= 4 is 11.6 Å². The summed E-state index contributed by atoms with van der Waals surface area (Å²) in [6.45, 7) is 2.02. The molecule has 2 heterocycles. The van der Waals surface area contributed by atoms with Gasteiger partial charge in [0.2, 0.25) is 5.88 Å². The minimum Gasteiger partial charge on any atom is -0.472 e. The molecule has 5 heteroatoms. The molecule has 1 aromatic heterocycles. The first-order valence-corrected chi connectivity index (χ1v) is 4.96. The van der Waals surface area contributed by atoms with Gasteiger partial charge in [-0.2, -0.15) is 0 Å². The van der Waals surface area contributed by atoms with Crippen molar-refractivity contribution < 1.29 is 4.74 Å². The average molecular weight is 214 g/mol. The molecular formula is C9H12ClN3O. The van der Waals surface area contributed by atoms with E-state index in [-0.39, 0.29) is 6.10 Å². The van der Waals surface area contributed by atoms with Gasteiger partial charge in [0.25, 0.3) is 0 Å². The molecule has 0 bridgehead atoms. The van der Waals surface area contributed by atoms with Crippen LogP contribution in [0.4, 0.5) is 0 Å². The van der Waals surface area contributed by atoms with Crippen molar-refractivity contribution in [1.29, 1.82) is 0 Å². The summed E-state index contributed by atoms with van der Waals surface area (Å²) in [5.74, 6) is 0.551. The summed E-state index contributed by atoms with van der Waals surface area (Å²) in [7, 11) is 2.08. The highest BCUT2D eigenvalue weighted by atomic mass is 35.5. The number of aromatic nitrogens is 2. The maximum absolute atomic E-state index is 5.63. The second-order valence-electron chi connectivity index (χ2n) is 3.49. The van der Waals surface area contributed by atoms with Gasteiger partial charge in [-0.05, 0) is 19.5 Å². The summed E-state index contributed by atoms with van der Waals surface area (Å²) in [6.07, 6.45) is 1.27. The highest BCUT2D eigenvalue weighted by Crippen LogP contribution is 2.15. The Hall–Kier alpha value is -0.870. The Labute approximate surface area is 87.8 Å². The molecule has 0 spiro atoms. The van der Waals surface area contributed by atoms with Gasteiger partial charge in [0.1, 0.15) is 6.10 Å². The SMILES string of the molecule is CN1CC[C@@H](Oc2ccc(Cl)nn2)C1. The lowest BCUT2D eigenvalue weighted by Gasteiger charge is -2.11. The zero-order valence-corrected chi connectivity index (χ0v) is 8.74. The molecular weight excluding hydrogens is 202 g/mol. The minimum absolute atomic E-state index is 0.232. The van der Waals surface area contributed by atoms with Crippen molar-refractivity contribution in [1.82, 2.24) is 15.1 Å². The second kappa shape index (κ2) is 4.11. The molecule has 0 radical (unpaired) electrons. The first-order chi connectivity index (χ1) is 6.74. The van der Waals surface area contributed by atoms with Crippen molar-refractivity contribution in [2.45, 2.75) is 12.5 Å². The summed E-state index contributed by atoms with van der Waals surface area (Å²) in [4.78, 5) is 2.23. The van der Waals surface area contributed by atoms with Crippen LogP contribution in [0.2, 0.25) is 5.15 Å². The molecule has 0 N–H and O–H groups in total. The third-order valence-electron chi connectivity index (χ3n) is 2.24. The molecule has 14 heavy (non-hydrogen) atoms. The number of nitrogens with zero attached hydrogens (tertiary/aromatic N) is 3. The smallest absolute Gasteiger partial charge is 0.233 e. The lowest BCUT2D eigenvalue weighted by atomic mass is 10.3. The van der Waals surface area contributed by atoms with Crippen LogP contribution >= 0.6 is 11.6 Å². The molecule has 0 aliphatic carbocycles. The number of hydrogen-bond donors (Lipinski definition) is 0. The van der Waals surface area contributed by atoms with Gasteiger partial charge < -0.3 is 9.64 Å². The zero-order valence-electron chi connectivity index (χ0n) is 7.98. The van der Waals surface area contributed by atoms with Crippen LogP contribution < -0.4 is 4.74 Å². The quantitative estimate of drug-likeness (QED) is 0.741. The van der Waals surface area contributed by atoms with Crippen molar-refractivity contribution in [2.24, 2.45) is 0 Å². The van der Waals surface area contributed by atoms with Gasteiger partial charge in [0.15, 0.2) is 5.15 Å². The maximum Gasteiger partial charge on any atom is 0.233 e. The molecule has 4 nitrogen and oxygen atoms in total. The van der Waals surface area contributed by atoms with Crippen LogP contribution in [0.25, 0.3) is 0 Å². The monoisotopic (exact) mass is 213 g/mol. The van der Waals surface area contributed by atoms with Gasteiger partial charge in [-0.25, -0.2) is 0 Å². The van der Waals surface area contributed by atoms with Crippen LogP contribution in [0.5, 0.6) is 5.88 Å². The van der Waals surface area contributed by atoms with Gasteiger partial charge >= 0.3 is 0 Å².